The molecule has 1 N–H and O–H groups in total. The summed E-state index contributed by atoms with van der Waals surface area (Å²) in [5.74, 6) is -1.46. The second-order valence-electron chi connectivity index (χ2n) is 3.46. The molecule has 14 heavy (non-hydrogen) atoms. The Hall–Kier alpha value is -0.900. The molecular formula is C10H8BrFO2. The first-order valence-corrected chi connectivity index (χ1v) is 5.06. The van der Waals surface area contributed by atoms with Crippen molar-refractivity contribution >= 4 is 21.9 Å². The lowest BCUT2D eigenvalue weighted by Crippen LogP contribution is -1.99. The summed E-state index contributed by atoms with van der Waals surface area (Å²) < 4.78 is 13.5. The minimum absolute atomic E-state index is 0.00454. The molecule has 0 aliphatic heterocycles. The normalized spacial score (nSPS) is 24.7. The fourth-order valence-electron chi connectivity index (χ4n) is 1.58. The molecule has 1 aliphatic carbocycles. The van der Waals surface area contributed by atoms with Crippen molar-refractivity contribution in [1.29, 1.82) is 0 Å². The molecule has 1 aromatic rings. The predicted octanol–water partition coefficient (Wildman–Crippen LogP) is 2.78. The molecule has 0 aromatic heterocycles. The van der Waals surface area contributed by atoms with Crippen LogP contribution >= 0.6 is 15.9 Å². The summed E-state index contributed by atoms with van der Waals surface area (Å²) in [6.45, 7) is 0. The van der Waals surface area contributed by atoms with E-state index < -0.39 is 5.97 Å². The van der Waals surface area contributed by atoms with Crippen molar-refractivity contribution in [2.75, 3.05) is 0 Å². The lowest BCUT2D eigenvalue weighted by atomic mass is 10.1. The Kier molecular flexibility index (Phi) is 2.31. The smallest absolute Gasteiger partial charge is 0.307 e. The van der Waals surface area contributed by atoms with Gasteiger partial charge in [0.05, 0.1) is 10.4 Å². The summed E-state index contributed by atoms with van der Waals surface area (Å²) in [6, 6.07) is 4.78. The number of benzene rings is 1. The molecule has 1 fully saturated rings. The van der Waals surface area contributed by atoms with Gasteiger partial charge in [0.2, 0.25) is 0 Å². The average Bonchev–Trinajstić information content (AvgIpc) is 2.89. The van der Waals surface area contributed by atoms with Crippen molar-refractivity contribution in [3.63, 3.8) is 0 Å². The molecule has 1 aliphatic rings. The van der Waals surface area contributed by atoms with E-state index in [1.165, 1.54) is 6.07 Å². The van der Waals surface area contributed by atoms with Crippen molar-refractivity contribution in [3.05, 3.63) is 34.1 Å². The Labute approximate surface area is 88.9 Å². The van der Waals surface area contributed by atoms with Crippen LogP contribution in [-0.2, 0) is 4.79 Å². The number of carboxylic acids is 1. The Morgan fingerprint density at radius 3 is 2.79 bits per heavy atom. The van der Waals surface area contributed by atoms with Gasteiger partial charge in [0, 0.05) is 0 Å². The maximum Gasteiger partial charge on any atom is 0.307 e. The van der Waals surface area contributed by atoms with Crippen LogP contribution in [0.2, 0.25) is 0 Å². The van der Waals surface area contributed by atoms with Gasteiger partial charge in [-0.1, -0.05) is 6.07 Å². The molecule has 1 aromatic carbocycles. The van der Waals surface area contributed by atoms with Gasteiger partial charge in [-0.25, -0.2) is 4.39 Å². The Morgan fingerprint density at radius 1 is 1.57 bits per heavy atom. The Morgan fingerprint density at radius 2 is 2.29 bits per heavy atom. The van der Waals surface area contributed by atoms with E-state index in [9.17, 15) is 9.18 Å². The second kappa shape index (κ2) is 3.35. The minimum atomic E-state index is -0.793. The van der Waals surface area contributed by atoms with Crippen LogP contribution in [0.3, 0.4) is 0 Å². The number of carboxylic acid groups (broad SMARTS) is 1. The van der Waals surface area contributed by atoms with Gasteiger partial charge in [-0.15, -0.1) is 0 Å². The van der Waals surface area contributed by atoms with Crippen LogP contribution in [-0.4, -0.2) is 11.1 Å². The highest BCUT2D eigenvalue weighted by Gasteiger charge is 2.44. The minimum Gasteiger partial charge on any atom is -0.481 e. The molecule has 0 bridgehead atoms. The van der Waals surface area contributed by atoms with Gasteiger partial charge < -0.3 is 5.11 Å². The quantitative estimate of drug-likeness (QED) is 0.886. The average molecular weight is 259 g/mol. The first kappa shape index (κ1) is 9.65. The van der Waals surface area contributed by atoms with E-state index in [1.54, 1.807) is 12.1 Å². The maximum absolute atomic E-state index is 13.1. The van der Waals surface area contributed by atoms with Crippen LogP contribution < -0.4 is 0 Å². The molecule has 2 nitrogen and oxygen atoms in total. The largest absolute Gasteiger partial charge is 0.481 e. The van der Waals surface area contributed by atoms with E-state index in [4.69, 9.17) is 5.11 Å². The predicted molar refractivity (Wildman–Crippen MR) is 52.6 cm³/mol. The van der Waals surface area contributed by atoms with Crippen LogP contribution in [0.25, 0.3) is 0 Å². The van der Waals surface area contributed by atoms with E-state index in [0.29, 0.717) is 10.9 Å². The number of rotatable bonds is 2. The molecule has 0 amide bonds. The summed E-state index contributed by atoms with van der Waals surface area (Å²) in [7, 11) is 0. The van der Waals surface area contributed by atoms with Gasteiger partial charge in [-0.05, 0) is 46.0 Å². The molecule has 0 heterocycles. The number of aliphatic carboxylic acids is 1. The van der Waals surface area contributed by atoms with Crippen LogP contribution in [0.1, 0.15) is 17.9 Å². The van der Waals surface area contributed by atoms with Crippen LogP contribution in [0.4, 0.5) is 4.39 Å². The summed E-state index contributed by atoms with van der Waals surface area (Å²) in [4.78, 5) is 10.6. The third-order valence-corrected chi connectivity index (χ3v) is 3.12. The molecular weight excluding hydrogens is 251 g/mol. The molecule has 0 radical (unpaired) electrons. The van der Waals surface area contributed by atoms with Crippen LogP contribution in [0, 0.1) is 11.7 Å². The van der Waals surface area contributed by atoms with Gasteiger partial charge in [0.1, 0.15) is 5.82 Å². The number of hydrogen-bond donors (Lipinski definition) is 1. The third-order valence-electron chi connectivity index (χ3n) is 2.48. The fraction of sp³-hybridized carbons (Fsp3) is 0.300. The SMILES string of the molecule is O=C(O)[C@@H]1CC1c1ccc(Br)c(F)c1. The van der Waals surface area contributed by atoms with Gasteiger partial charge in [-0.3, -0.25) is 4.79 Å². The lowest BCUT2D eigenvalue weighted by molar-refractivity contribution is -0.138. The highest BCUT2D eigenvalue weighted by molar-refractivity contribution is 9.10. The number of carbonyl (C=O) groups is 1. The zero-order valence-electron chi connectivity index (χ0n) is 7.21. The highest BCUT2D eigenvalue weighted by atomic mass is 79.9. The molecule has 0 saturated heterocycles. The summed E-state index contributed by atoms with van der Waals surface area (Å²) in [6.07, 6.45) is 0.621. The molecule has 2 atom stereocenters. The van der Waals surface area contributed by atoms with Crippen molar-refractivity contribution in [1.82, 2.24) is 0 Å². The standard InChI is InChI=1S/C10H8BrFO2/c11-8-2-1-5(3-9(8)12)6-4-7(6)10(13)14/h1-3,6-7H,4H2,(H,13,14)/t6?,7-/m1/s1. The third kappa shape index (κ3) is 1.66. The molecule has 4 heteroatoms. The van der Waals surface area contributed by atoms with E-state index in [2.05, 4.69) is 15.9 Å². The summed E-state index contributed by atoms with van der Waals surface area (Å²) in [5.41, 5.74) is 0.776. The molecule has 2 rings (SSSR count). The monoisotopic (exact) mass is 258 g/mol. The number of hydrogen-bond acceptors (Lipinski definition) is 1. The van der Waals surface area contributed by atoms with E-state index in [-0.39, 0.29) is 17.7 Å². The summed E-state index contributed by atoms with van der Waals surface area (Å²) >= 11 is 3.05. The van der Waals surface area contributed by atoms with Crippen molar-refractivity contribution in [2.24, 2.45) is 5.92 Å². The first-order valence-electron chi connectivity index (χ1n) is 4.27. The topological polar surface area (TPSA) is 37.3 Å². The van der Waals surface area contributed by atoms with Crippen molar-refractivity contribution in [3.8, 4) is 0 Å². The zero-order valence-corrected chi connectivity index (χ0v) is 8.79. The van der Waals surface area contributed by atoms with E-state index in [0.717, 1.165) is 5.56 Å². The van der Waals surface area contributed by atoms with Crippen LogP contribution in [0.5, 0.6) is 0 Å². The van der Waals surface area contributed by atoms with Gasteiger partial charge in [-0.2, -0.15) is 0 Å². The molecule has 0 spiro atoms. The van der Waals surface area contributed by atoms with Crippen molar-refractivity contribution in [2.45, 2.75) is 12.3 Å². The van der Waals surface area contributed by atoms with Gasteiger partial charge in [0.15, 0.2) is 0 Å². The van der Waals surface area contributed by atoms with Gasteiger partial charge >= 0.3 is 5.97 Å². The first-order chi connectivity index (χ1) is 6.59. The molecule has 1 saturated carbocycles. The van der Waals surface area contributed by atoms with E-state index in [1.807, 2.05) is 0 Å². The van der Waals surface area contributed by atoms with Crippen LogP contribution in [0.15, 0.2) is 22.7 Å². The highest BCUT2D eigenvalue weighted by Crippen LogP contribution is 2.47. The Balaban J connectivity index is 2.20. The van der Waals surface area contributed by atoms with E-state index >= 15 is 0 Å². The number of halogens is 2. The zero-order chi connectivity index (χ0) is 10.3. The summed E-state index contributed by atoms with van der Waals surface area (Å²) in [5, 5.41) is 8.71. The Bertz CT molecular complexity index is 392. The lowest BCUT2D eigenvalue weighted by Gasteiger charge is -2.00. The molecule has 1 unspecified atom stereocenters. The molecule has 74 valence electrons. The fourth-order valence-corrected chi connectivity index (χ4v) is 1.83. The van der Waals surface area contributed by atoms with Crippen molar-refractivity contribution < 1.29 is 14.3 Å². The second-order valence-corrected chi connectivity index (χ2v) is 4.31. The van der Waals surface area contributed by atoms with Gasteiger partial charge in [0.25, 0.3) is 0 Å². The maximum atomic E-state index is 13.1.